The van der Waals surface area contributed by atoms with Gasteiger partial charge in [-0.25, -0.2) is 0 Å². The van der Waals surface area contributed by atoms with E-state index in [1.165, 1.54) is 0 Å². The zero-order chi connectivity index (χ0) is 19.2. The average Bonchev–Trinajstić information content (AvgIpc) is 3.32. The number of nitrogens with one attached hydrogen (secondary N) is 1. The van der Waals surface area contributed by atoms with Crippen LogP contribution >= 0.6 is 0 Å². The molecule has 3 aromatic rings. The molecule has 0 aliphatic carbocycles. The first-order valence-electron chi connectivity index (χ1n) is 9.59. The smallest absolute Gasteiger partial charge is 0.220 e. The number of fused-ring (bicyclic) bond motifs is 1. The Morgan fingerprint density at radius 2 is 2.14 bits per heavy atom. The molecule has 8 nitrogen and oxygen atoms in total. The lowest BCUT2D eigenvalue weighted by molar-refractivity contribution is -0.121. The van der Waals surface area contributed by atoms with Crippen molar-refractivity contribution >= 4 is 5.91 Å². The van der Waals surface area contributed by atoms with E-state index in [2.05, 4.69) is 30.0 Å². The number of amides is 1. The van der Waals surface area contributed by atoms with Crippen molar-refractivity contribution in [3.05, 3.63) is 65.9 Å². The molecular formula is C20H24N6O2. The highest BCUT2D eigenvalue weighted by Crippen LogP contribution is 2.13. The normalized spacial score (nSPS) is 14.4. The number of pyridine rings is 1. The molecule has 0 radical (unpaired) electrons. The molecule has 0 atom stereocenters. The van der Waals surface area contributed by atoms with Gasteiger partial charge in [0.2, 0.25) is 5.91 Å². The van der Waals surface area contributed by atoms with Crippen molar-refractivity contribution in [3.63, 3.8) is 0 Å². The summed E-state index contributed by atoms with van der Waals surface area (Å²) in [5.41, 5.74) is 1.06. The van der Waals surface area contributed by atoms with Gasteiger partial charge in [-0.05, 0) is 30.2 Å². The van der Waals surface area contributed by atoms with Gasteiger partial charge in [-0.3, -0.25) is 14.7 Å². The number of carbonyl (C=O) groups is 1. The Kier molecular flexibility index (Phi) is 5.77. The summed E-state index contributed by atoms with van der Waals surface area (Å²) in [5, 5.41) is 11.6. The molecule has 4 heterocycles. The molecule has 4 rings (SSSR count). The third-order valence-electron chi connectivity index (χ3n) is 4.96. The minimum absolute atomic E-state index is 0.00858. The number of nitrogens with zero attached hydrogens (tertiary/aromatic N) is 5. The fourth-order valence-electron chi connectivity index (χ4n) is 3.41. The molecule has 146 valence electrons. The molecule has 28 heavy (non-hydrogen) atoms. The molecular weight excluding hydrogens is 356 g/mol. The highest BCUT2D eigenvalue weighted by atomic mass is 16.3. The minimum Gasteiger partial charge on any atom is -0.468 e. The summed E-state index contributed by atoms with van der Waals surface area (Å²) in [6.45, 7) is 3.82. The monoisotopic (exact) mass is 380 g/mol. The Morgan fingerprint density at radius 3 is 2.96 bits per heavy atom. The second-order valence-corrected chi connectivity index (χ2v) is 6.93. The zero-order valence-corrected chi connectivity index (χ0v) is 15.8. The molecule has 0 saturated carbocycles. The van der Waals surface area contributed by atoms with Crippen LogP contribution in [0.25, 0.3) is 0 Å². The molecule has 0 saturated heterocycles. The standard InChI is InChI=1S/C20H24N6O2/c27-20(6-5-16-3-1-8-21-13-16)22-14-19-24-23-18-7-9-25(10-11-26(18)19)15-17-4-2-12-28-17/h1-4,8,12-13H,5-7,9-11,14-15H2,(H,22,27). The van der Waals surface area contributed by atoms with Gasteiger partial charge in [0.05, 0.1) is 19.4 Å². The van der Waals surface area contributed by atoms with Crippen molar-refractivity contribution in [2.24, 2.45) is 0 Å². The van der Waals surface area contributed by atoms with Gasteiger partial charge in [0.1, 0.15) is 11.6 Å². The second-order valence-electron chi connectivity index (χ2n) is 6.93. The molecule has 0 aromatic carbocycles. The molecule has 1 amide bonds. The van der Waals surface area contributed by atoms with E-state index >= 15 is 0 Å². The van der Waals surface area contributed by atoms with E-state index < -0.39 is 0 Å². The Balaban J connectivity index is 1.28. The predicted octanol–water partition coefficient (Wildman–Crippen LogP) is 1.57. The number of carbonyl (C=O) groups excluding carboxylic acids is 1. The molecule has 0 fully saturated rings. The van der Waals surface area contributed by atoms with E-state index in [9.17, 15) is 4.79 Å². The van der Waals surface area contributed by atoms with E-state index in [0.717, 1.165) is 55.6 Å². The van der Waals surface area contributed by atoms with Crippen molar-refractivity contribution < 1.29 is 9.21 Å². The summed E-state index contributed by atoms with van der Waals surface area (Å²) in [5.74, 6) is 2.76. The van der Waals surface area contributed by atoms with E-state index in [0.29, 0.717) is 19.4 Å². The molecule has 0 unspecified atom stereocenters. The minimum atomic E-state index is 0.00858. The number of rotatable bonds is 7. The van der Waals surface area contributed by atoms with Crippen LogP contribution in [0, 0.1) is 0 Å². The summed E-state index contributed by atoms with van der Waals surface area (Å²) in [6.07, 6.45) is 7.18. The highest BCUT2D eigenvalue weighted by molar-refractivity contribution is 5.76. The van der Waals surface area contributed by atoms with E-state index in [4.69, 9.17) is 4.42 Å². The Hall–Kier alpha value is -3.00. The number of furan rings is 1. The summed E-state index contributed by atoms with van der Waals surface area (Å²) < 4.78 is 7.58. The van der Waals surface area contributed by atoms with E-state index in [-0.39, 0.29) is 5.91 Å². The summed E-state index contributed by atoms with van der Waals surface area (Å²) in [7, 11) is 0. The van der Waals surface area contributed by atoms with Crippen LogP contribution in [0.1, 0.15) is 29.4 Å². The largest absolute Gasteiger partial charge is 0.468 e. The molecule has 1 N–H and O–H groups in total. The first-order chi connectivity index (χ1) is 13.8. The fourth-order valence-corrected chi connectivity index (χ4v) is 3.41. The molecule has 1 aliphatic heterocycles. The van der Waals surface area contributed by atoms with Crippen LogP contribution in [0.3, 0.4) is 0 Å². The third kappa shape index (κ3) is 4.64. The second kappa shape index (κ2) is 8.79. The maximum Gasteiger partial charge on any atom is 0.220 e. The van der Waals surface area contributed by atoms with Crippen molar-refractivity contribution in [3.8, 4) is 0 Å². The van der Waals surface area contributed by atoms with Gasteiger partial charge in [0, 0.05) is 44.9 Å². The van der Waals surface area contributed by atoms with Crippen molar-refractivity contribution in [2.45, 2.75) is 38.9 Å². The lowest BCUT2D eigenvalue weighted by atomic mass is 10.1. The van der Waals surface area contributed by atoms with Gasteiger partial charge in [0.15, 0.2) is 5.82 Å². The molecule has 3 aromatic heterocycles. The Labute approximate surface area is 163 Å². The van der Waals surface area contributed by atoms with Gasteiger partial charge < -0.3 is 14.3 Å². The molecule has 1 aliphatic rings. The quantitative estimate of drug-likeness (QED) is 0.669. The molecule has 0 bridgehead atoms. The van der Waals surface area contributed by atoms with Crippen LogP contribution in [0.2, 0.25) is 0 Å². The van der Waals surface area contributed by atoms with Crippen LogP contribution in [0.15, 0.2) is 47.3 Å². The van der Waals surface area contributed by atoms with E-state index in [1.54, 1.807) is 18.7 Å². The predicted molar refractivity (Wildman–Crippen MR) is 102 cm³/mol. The Bertz CT molecular complexity index is 891. The Morgan fingerprint density at radius 1 is 1.18 bits per heavy atom. The van der Waals surface area contributed by atoms with Crippen molar-refractivity contribution in [1.29, 1.82) is 0 Å². The van der Waals surface area contributed by atoms with Crippen molar-refractivity contribution in [2.75, 3.05) is 13.1 Å². The number of aryl methyl sites for hydroxylation is 1. The SMILES string of the molecule is O=C(CCc1cccnc1)NCc1nnc2n1CCN(Cc1ccco1)CC2. The van der Waals surface area contributed by atoms with E-state index in [1.807, 2.05) is 24.3 Å². The highest BCUT2D eigenvalue weighted by Gasteiger charge is 2.19. The maximum atomic E-state index is 12.2. The summed E-state index contributed by atoms with van der Waals surface area (Å²) >= 11 is 0. The number of hydrogen-bond donors (Lipinski definition) is 1. The summed E-state index contributed by atoms with van der Waals surface area (Å²) in [6, 6.07) is 7.77. The molecule has 8 heteroatoms. The fraction of sp³-hybridized carbons (Fsp3) is 0.400. The zero-order valence-electron chi connectivity index (χ0n) is 15.8. The van der Waals surface area contributed by atoms with Gasteiger partial charge in [-0.15, -0.1) is 10.2 Å². The lowest BCUT2D eigenvalue weighted by Crippen LogP contribution is -2.28. The summed E-state index contributed by atoms with van der Waals surface area (Å²) in [4.78, 5) is 18.6. The first-order valence-corrected chi connectivity index (χ1v) is 9.59. The number of hydrogen-bond acceptors (Lipinski definition) is 6. The first kappa shape index (κ1) is 18.4. The van der Waals surface area contributed by atoms with Crippen LogP contribution < -0.4 is 5.32 Å². The van der Waals surface area contributed by atoms with Crippen molar-refractivity contribution in [1.82, 2.24) is 30.0 Å². The average molecular weight is 380 g/mol. The topological polar surface area (TPSA) is 89.1 Å². The van der Waals surface area contributed by atoms with Crippen LogP contribution in [0.5, 0.6) is 0 Å². The van der Waals surface area contributed by atoms with Crippen LogP contribution in [-0.4, -0.2) is 43.6 Å². The molecule has 0 spiro atoms. The lowest BCUT2D eigenvalue weighted by Gasteiger charge is -2.17. The van der Waals surface area contributed by atoms with Gasteiger partial charge >= 0.3 is 0 Å². The van der Waals surface area contributed by atoms with Crippen LogP contribution in [-0.2, 0) is 37.3 Å². The van der Waals surface area contributed by atoms with Crippen LogP contribution in [0.4, 0.5) is 0 Å². The maximum absolute atomic E-state index is 12.2. The van der Waals surface area contributed by atoms with Gasteiger partial charge in [0.25, 0.3) is 0 Å². The third-order valence-corrected chi connectivity index (χ3v) is 4.96. The number of aromatic nitrogens is 4. The van der Waals surface area contributed by atoms with Gasteiger partial charge in [-0.2, -0.15) is 0 Å². The van der Waals surface area contributed by atoms with Gasteiger partial charge in [-0.1, -0.05) is 6.07 Å².